The van der Waals surface area contributed by atoms with Crippen molar-refractivity contribution in [1.29, 1.82) is 0 Å². The number of aromatic nitrogens is 3. The van der Waals surface area contributed by atoms with E-state index >= 15 is 0 Å². The molecule has 2 aromatic rings. The molecule has 33 heavy (non-hydrogen) atoms. The Morgan fingerprint density at radius 3 is 2.61 bits per heavy atom. The van der Waals surface area contributed by atoms with Crippen LogP contribution in [0.1, 0.15) is 52.1 Å². The first-order valence-electron chi connectivity index (χ1n) is 10.5. The summed E-state index contributed by atoms with van der Waals surface area (Å²) in [4.78, 5) is 63.9. The van der Waals surface area contributed by atoms with Gasteiger partial charge in [0.15, 0.2) is 0 Å². The van der Waals surface area contributed by atoms with Gasteiger partial charge in [-0.3, -0.25) is 34.2 Å². The molecule has 2 atom stereocenters. The number of nitrogens with one attached hydrogen (secondary N) is 1. The number of hydrogen-bond acceptors (Lipinski definition) is 8. The standard InChI is InChI=1S/C21H20N6O6/c28-13-2-6-18(30)25(10-13)8-11-9-26(24-23-11)12-1-3-14-15(7-12)21(33)27(20(14)32)16-4-5-17(29)22-19(16)31/h1,3,7,9,13,16,28H,2,4-6,8,10H2,(H,22,29,31). The number of aliphatic hydroxyl groups is 1. The van der Waals surface area contributed by atoms with Crippen molar-refractivity contribution in [3.8, 4) is 5.69 Å². The van der Waals surface area contributed by atoms with E-state index in [4.69, 9.17) is 0 Å². The Balaban J connectivity index is 1.36. The molecule has 170 valence electrons. The first-order valence-corrected chi connectivity index (χ1v) is 10.5. The average molecular weight is 452 g/mol. The van der Waals surface area contributed by atoms with Crippen molar-refractivity contribution < 1.29 is 29.1 Å². The van der Waals surface area contributed by atoms with Crippen LogP contribution in [0.25, 0.3) is 5.69 Å². The maximum Gasteiger partial charge on any atom is 0.262 e. The first kappa shape index (κ1) is 20.9. The van der Waals surface area contributed by atoms with Gasteiger partial charge < -0.3 is 10.0 Å². The number of β-amino-alcohol motifs (C(OH)–C–C–N with tert-alkyl or cyclic N) is 1. The fraction of sp³-hybridized carbons (Fsp3) is 0.381. The van der Waals surface area contributed by atoms with E-state index in [1.54, 1.807) is 12.3 Å². The maximum atomic E-state index is 13.0. The van der Waals surface area contributed by atoms with E-state index in [0.717, 1.165) is 4.90 Å². The zero-order chi connectivity index (χ0) is 23.3. The van der Waals surface area contributed by atoms with Gasteiger partial charge in [-0.15, -0.1) is 5.10 Å². The predicted molar refractivity (Wildman–Crippen MR) is 109 cm³/mol. The third-order valence-electron chi connectivity index (χ3n) is 6.06. The summed E-state index contributed by atoms with van der Waals surface area (Å²) >= 11 is 0. The van der Waals surface area contributed by atoms with Crippen molar-refractivity contribution in [2.24, 2.45) is 0 Å². The number of amides is 5. The molecule has 0 saturated carbocycles. The average Bonchev–Trinajstić information content (AvgIpc) is 3.34. The number of benzene rings is 1. The van der Waals surface area contributed by atoms with Gasteiger partial charge in [-0.25, -0.2) is 4.68 Å². The largest absolute Gasteiger partial charge is 0.391 e. The van der Waals surface area contributed by atoms with Gasteiger partial charge in [-0.05, 0) is 31.0 Å². The minimum Gasteiger partial charge on any atom is -0.391 e. The SMILES string of the molecule is O=C1CCC(N2C(=O)c3ccc(-n4cc(CN5CC(O)CCC5=O)nn4)cc3C2=O)C(=O)N1. The summed E-state index contributed by atoms with van der Waals surface area (Å²) in [5.41, 5.74) is 1.28. The van der Waals surface area contributed by atoms with Crippen LogP contribution in [0.3, 0.4) is 0 Å². The fourth-order valence-electron chi connectivity index (χ4n) is 4.34. The van der Waals surface area contributed by atoms with Crippen LogP contribution >= 0.6 is 0 Å². The molecule has 4 heterocycles. The molecule has 5 rings (SSSR count). The molecule has 2 unspecified atom stereocenters. The fourth-order valence-corrected chi connectivity index (χ4v) is 4.34. The lowest BCUT2D eigenvalue weighted by Crippen LogP contribution is -2.54. The van der Waals surface area contributed by atoms with E-state index in [1.165, 1.54) is 21.7 Å². The Kier molecular flexibility index (Phi) is 5.01. The van der Waals surface area contributed by atoms with Crippen molar-refractivity contribution in [1.82, 2.24) is 30.1 Å². The lowest BCUT2D eigenvalue weighted by molar-refractivity contribution is -0.138. The molecule has 2 N–H and O–H groups in total. The van der Waals surface area contributed by atoms with Crippen molar-refractivity contribution >= 4 is 29.5 Å². The Morgan fingerprint density at radius 1 is 1.03 bits per heavy atom. The molecule has 1 aromatic carbocycles. The van der Waals surface area contributed by atoms with E-state index in [2.05, 4.69) is 15.6 Å². The van der Waals surface area contributed by atoms with Crippen LogP contribution < -0.4 is 5.32 Å². The van der Waals surface area contributed by atoms with Gasteiger partial charge in [0.2, 0.25) is 17.7 Å². The summed E-state index contributed by atoms with van der Waals surface area (Å²) in [6.07, 6.45) is 1.90. The number of hydrogen-bond donors (Lipinski definition) is 2. The zero-order valence-corrected chi connectivity index (χ0v) is 17.4. The molecule has 0 radical (unpaired) electrons. The van der Waals surface area contributed by atoms with Gasteiger partial charge in [0.25, 0.3) is 11.8 Å². The van der Waals surface area contributed by atoms with Crippen LogP contribution in [0.15, 0.2) is 24.4 Å². The molecule has 2 saturated heterocycles. The lowest BCUT2D eigenvalue weighted by atomic mass is 10.0. The van der Waals surface area contributed by atoms with E-state index in [9.17, 15) is 29.1 Å². The van der Waals surface area contributed by atoms with Crippen LogP contribution in [0.2, 0.25) is 0 Å². The van der Waals surface area contributed by atoms with Crippen molar-refractivity contribution in [3.63, 3.8) is 0 Å². The molecule has 0 aliphatic carbocycles. The summed E-state index contributed by atoms with van der Waals surface area (Å²) in [5, 5.41) is 20.1. The number of imide groups is 2. The molecular formula is C21H20N6O6. The van der Waals surface area contributed by atoms with E-state index in [-0.39, 0.29) is 49.4 Å². The number of likely N-dealkylation sites (tertiary alicyclic amines) is 1. The summed E-state index contributed by atoms with van der Waals surface area (Å²) < 4.78 is 1.42. The highest BCUT2D eigenvalue weighted by Gasteiger charge is 2.44. The minimum atomic E-state index is -1.03. The second-order valence-corrected chi connectivity index (χ2v) is 8.30. The van der Waals surface area contributed by atoms with E-state index in [0.29, 0.717) is 17.8 Å². The Morgan fingerprint density at radius 2 is 1.82 bits per heavy atom. The molecule has 3 aliphatic heterocycles. The van der Waals surface area contributed by atoms with Crippen LogP contribution in [0, 0.1) is 0 Å². The number of aliphatic hydroxyl groups excluding tert-OH is 1. The van der Waals surface area contributed by atoms with Gasteiger partial charge in [0.05, 0.1) is 35.7 Å². The van der Waals surface area contributed by atoms with Crippen molar-refractivity contribution in [3.05, 3.63) is 41.2 Å². The summed E-state index contributed by atoms with van der Waals surface area (Å²) in [6.45, 7) is 0.429. The zero-order valence-electron chi connectivity index (χ0n) is 17.4. The number of nitrogens with zero attached hydrogens (tertiary/aromatic N) is 5. The van der Waals surface area contributed by atoms with Gasteiger partial charge in [0, 0.05) is 19.4 Å². The number of rotatable bonds is 4. The lowest BCUT2D eigenvalue weighted by Gasteiger charge is -2.29. The highest BCUT2D eigenvalue weighted by molar-refractivity contribution is 6.23. The van der Waals surface area contributed by atoms with Gasteiger partial charge >= 0.3 is 0 Å². The highest BCUT2D eigenvalue weighted by Crippen LogP contribution is 2.29. The van der Waals surface area contributed by atoms with Gasteiger partial charge in [0.1, 0.15) is 11.7 Å². The smallest absolute Gasteiger partial charge is 0.262 e. The molecule has 12 nitrogen and oxygen atoms in total. The van der Waals surface area contributed by atoms with Crippen LogP contribution in [0.5, 0.6) is 0 Å². The molecule has 2 fully saturated rings. The monoisotopic (exact) mass is 452 g/mol. The number of fused-ring (bicyclic) bond motifs is 1. The maximum absolute atomic E-state index is 13.0. The molecule has 0 bridgehead atoms. The van der Waals surface area contributed by atoms with Crippen molar-refractivity contribution in [2.75, 3.05) is 6.54 Å². The minimum absolute atomic E-state index is 0.0490. The number of carbonyl (C=O) groups excluding carboxylic acids is 5. The van der Waals surface area contributed by atoms with E-state index < -0.39 is 35.8 Å². The second kappa shape index (κ2) is 7.89. The highest BCUT2D eigenvalue weighted by atomic mass is 16.3. The molecule has 3 aliphatic rings. The molecule has 12 heteroatoms. The topological polar surface area (TPSA) is 155 Å². The Labute approximate surface area is 187 Å². The summed E-state index contributed by atoms with van der Waals surface area (Å²) in [6, 6.07) is 3.55. The van der Waals surface area contributed by atoms with Crippen molar-refractivity contribution in [2.45, 2.75) is 44.4 Å². The first-order chi connectivity index (χ1) is 15.8. The normalized spacial score (nSPS) is 23.2. The Bertz CT molecular complexity index is 1210. The van der Waals surface area contributed by atoms with E-state index in [1.807, 2.05) is 0 Å². The molecule has 5 amide bonds. The Hall–Kier alpha value is -3.93. The quantitative estimate of drug-likeness (QED) is 0.569. The molecule has 0 spiro atoms. The van der Waals surface area contributed by atoms with Gasteiger partial charge in [-0.1, -0.05) is 5.21 Å². The molecular weight excluding hydrogens is 432 g/mol. The molecule has 1 aromatic heterocycles. The number of piperidine rings is 2. The summed E-state index contributed by atoms with van der Waals surface area (Å²) in [5.74, 6) is -2.36. The third kappa shape index (κ3) is 3.67. The van der Waals surface area contributed by atoms with Crippen LogP contribution in [0.4, 0.5) is 0 Å². The number of carbonyl (C=O) groups is 5. The van der Waals surface area contributed by atoms with Gasteiger partial charge in [-0.2, -0.15) is 0 Å². The van der Waals surface area contributed by atoms with Crippen LogP contribution in [-0.4, -0.2) is 78.1 Å². The summed E-state index contributed by atoms with van der Waals surface area (Å²) in [7, 11) is 0. The third-order valence-corrected chi connectivity index (χ3v) is 6.06. The predicted octanol–water partition coefficient (Wildman–Crippen LogP) is -0.848. The second-order valence-electron chi connectivity index (χ2n) is 8.30. The van der Waals surface area contributed by atoms with Crippen LogP contribution in [-0.2, 0) is 20.9 Å².